The van der Waals surface area contributed by atoms with Crippen LogP contribution in [0.2, 0.25) is 0 Å². The molecular formula is C8H10O2S. The van der Waals surface area contributed by atoms with Crippen molar-refractivity contribution in [3.63, 3.8) is 0 Å². The third kappa shape index (κ3) is 1.60. The van der Waals surface area contributed by atoms with E-state index in [1.165, 1.54) is 7.11 Å². The second-order valence-electron chi connectivity index (χ2n) is 2.32. The van der Waals surface area contributed by atoms with Crippen LogP contribution in [0.1, 0.15) is 20.1 Å². The fraction of sp³-hybridized carbons (Fsp3) is 0.375. The Morgan fingerprint density at radius 1 is 1.55 bits per heavy atom. The van der Waals surface area contributed by atoms with Crippen LogP contribution in [0.15, 0.2) is 6.07 Å². The lowest BCUT2D eigenvalue weighted by Gasteiger charge is -1.94. The first-order valence-corrected chi connectivity index (χ1v) is 4.12. The third-order valence-corrected chi connectivity index (χ3v) is 2.41. The van der Waals surface area contributed by atoms with E-state index in [4.69, 9.17) is 0 Å². The summed E-state index contributed by atoms with van der Waals surface area (Å²) in [6.45, 7) is 3.90. The molecule has 2 nitrogen and oxygen atoms in total. The summed E-state index contributed by atoms with van der Waals surface area (Å²) < 4.78 is 4.60. The average molecular weight is 170 g/mol. The Bertz CT molecular complexity index is 276. The van der Waals surface area contributed by atoms with E-state index in [1.807, 2.05) is 19.9 Å². The number of hydrogen-bond donors (Lipinski definition) is 0. The fourth-order valence-electron chi connectivity index (χ4n) is 0.943. The topological polar surface area (TPSA) is 26.3 Å². The van der Waals surface area contributed by atoms with Crippen LogP contribution in [0.4, 0.5) is 0 Å². The van der Waals surface area contributed by atoms with Crippen molar-refractivity contribution >= 4 is 17.3 Å². The number of aryl methyl sites for hydroxylation is 2. The molecule has 0 atom stereocenters. The molecule has 0 aliphatic carbocycles. The lowest BCUT2D eigenvalue weighted by molar-refractivity contribution is 0.0600. The third-order valence-electron chi connectivity index (χ3n) is 1.45. The van der Waals surface area contributed by atoms with Gasteiger partial charge in [-0.15, -0.1) is 11.3 Å². The van der Waals surface area contributed by atoms with Gasteiger partial charge in [0, 0.05) is 9.75 Å². The van der Waals surface area contributed by atoms with Gasteiger partial charge in [-0.3, -0.25) is 0 Å². The smallest absolute Gasteiger partial charge is 0.338 e. The highest BCUT2D eigenvalue weighted by Crippen LogP contribution is 2.20. The minimum absolute atomic E-state index is 0.244. The zero-order valence-corrected chi connectivity index (χ0v) is 7.62. The second kappa shape index (κ2) is 3.05. The molecule has 0 saturated carbocycles. The van der Waals surface area contributed by atoms with E-state index in [9.17, 15) is 4.79 Å². The maximum atomic E-state index is 11.0. The summed E-state index contributed by atoms with van der Waals surface area (Å²) in [6, 6.07) is 1.85. The summed E-state index contributed by atoms with van der Waals surface area (Å²) in [7, 11) is 1.40. The molecular weight excluding hydrogens is 160 g/mol. The van der Waals surface area contributed by atoms with Crippen LogP contribution < -0.4 is 0 Å². The number of rotatable bonds is 1. The number of methoxy groups -OCH3 is 1. The van der Waals surface area contributed by atoms with Crippen LogP contribution in [0.25, 0.3) is 0 Å². The molecule has 0 radical (unpaired) electrons. The monoisotopic (exact) mass is 170 g/mol. The molecule has 0 bridgehead atoms. The van der Waals surface area contributed by atoms with E-state index in [0.29, 0.717) is 5.56 Å². The Balaban J connectivity index is 3.03. The van der Waals surface area contributed by atoms with Gasteiger partial charge in [-0.1, -0.05) is 0 Å². The Hall–Kier alpha value is -0.830. The lowest BCUT2D eigenvalue weighted by atomic mass is 10.2. The number of ether oxygens (including phenoxy) is 1. The second-order valence-corrected chi connectivity index (χ2v) is 3.78. The van der Waals surface area contributed by atoms with Gasteiger partial charge in [-0.05, 0) is 19.9 Å². The van der Waals surface area contributed by atoms with Crippen LogP contribution in [-0.2, 0) is 4.74 Å². The maximum Gasteiger partial charge on any atom is 0.338 e. The number of esters is 1. The van der Waals surface area contributed by atoms with Crippen molar-refractivity contribution in [1.29, 1.82) is 0 Å². The molecule has 0 N–H and O–H groups in total. The molecule has 11 heavy (non-hydrogen) atoms. The maximum absolute atomic E-state index is 11.0. The van der Waals surface area contributed by atoms with Gasteiger partial charge >= 0.3 is 5.97 Å². The molecule has 1 aromatic rings. The predicted molar refractivity (Wildman–Crippen MR) is 45.1 cm³/mol. The molecule has 60 valence electrons. The van der Waals surface area contributed by atoms with Gasteiger partial charge in [0.2, 0.25) is 0 Å². The van der Waals surface area contributed by atoms with Crippen LogP contribution >= 0.6 is 11.3 Å². The molecule has 0 amide bonds. The molecule has 0 aliphatic rings. The van der Waals surface area contributed by atoms with Crippen LogP contribution in [0.3, 0.4) is 0 Å². The van der Waals surface area contributed by atoms with Gasteiger partial charge in [0.15, 0.2) is 0 Å². The predicted octanol–water partition coefficient (Wildman–Crippen LogP) is 2.15. The van der Waals surface area contributed by atoms with E-state index in [1.54, 1.807) is 11.3 Å². The molecule has 0 aliphatic heterocycles. The minimum Gasteiger partial charge on any atom is -0.465 e. The normalized spacial score (nSPS) is 9.73. The number of hydrogen-bond acceptors (Lipinski definition) is 3. The Morgan fingerprint density at radius 2 is 2.18 bits per heavy atom. The van der Waals surface area contributed by atoms with Crippen molar-refractivity contribution in [2.75, 3.05) is 7.11 Å². The molecule has 0 aromatic carbocycles. The highest BCUT2D eigenvalue weighted by molar-refractivity contribution is 7.12. The molecule has 0 spiro atoms. The van der Waals surface area contributed by atoms with Gasteiger partial charge in [0.1, 0.15) is 0 Å². The van der Waals surface area contributed by atoms with E-state index in [-0.39, 0.29) is 5.97 Å². The zero-order valence-electron chi connectivity index (χ0n) is 6.80. The largest absolute Gasteiger partial charge is 0.465 e. The quantitative estimate of drug-likeness (QED) is 0.604. The summed E-state index contributed by atoms with van der Waals surface area (Å²) in [5, 5.41) is 0. The zero-order chi connectivity index (χ0) is 8.43. The molecule has 0 unspecified atom stereocenters. The molecule has 1 aromatic heterocycles. The van der Waals surface area contributed by atoms with Gasteiger partial charge < -0.3 is 4.74 Å². The van der Waals surface area contributed by atoms with Crippen LogP contribution in [0, 0.1) is 13.8 Å². The van der Waals surface area contributed by atoms with Crippen molar-refractivity contribution in [2.45, 2.75) is 13.8 Å². The van der Waals surface area contributed by atoms with Crippen molar-refractivity contribution in [2.24, 2.45) is 0 Å². The highest BCUT2D eigenvalue weighted by Gasteiger charge is 2.10. The van der Waals surface area contributed by atoms with Crippen molar-refractivity contribution in [1.82, 2.24) is 0 Å². The number of thiophene rings is 1. The first-order valence-electron chi connectivity index (χ1n) is 3.30. The molecule has 1 rings (SSSR count). The van der Waals surface area contributed by atoms with Crippen LogP contribution in [-0.4, -0.2) is 13.1 Å². The number of carbonyl (C=O) groups is 1. The number of carbonyl (C=O) groups excluding carboxylic acids is 1. The minimum atomic E-state index is -0.244. The van der Waals surface area contributed by atoms with Crippen molar-refractivity contribution < 1.29 is 9.53 Å². The summed E-state index contributed by atoms with van der Waals surface area (Å²) >= 11 is 1.61. The standard InChI is InChI=1S/C8H10O2S/c1-5-4-7(6(2)11-5)8(9)10-3/h4H,1-3H3. The summed E-state index contributed by atoms with van der Waals surface area (Å²) in [5.41, 5.74) is 0.690. The Morgan fingerprint density at radius 3 is 2.55 bits per heavy atom. The molecule has 0 saturated heterocycles. The average Bonchev–Trinajstić information content (AvgIpc) is 2.28. The molecule has 0 fully saturated rings. The van der Waals surface area contributed by atoms with E-state index >= 15 is 0 Å². The van der Waals surface area contributed by atoms with E-state index in [0.717, 1.165) is 9.75 Å². The molecule has 1 heterocycles. The summed E-state index contributed by atoms with van der Waals surface area (Å²) in [5.74, 6) is -0.244. The van der Waals surface area contributed by atoms with Gasteiger partial charge in [0.25, 0.3) is 0 Å². The fourth-order valence-corrected chi connectivity index (χ4v) is 1.86. The van der Waals surface area contributed by atoms with Gasteiger partial charge in [0.05, 0.1) is 12.7 Å². The van der Waals surface area contributed by atoms with Crippen molar-refractivity contribution in [3.05, 3.63) is 21.4 Å². The highest BCUT2D eigenvalue weighted by atomic mass is 32.1. The Labute approximate surface area is 69.8 Å². The van der Waals surface area contributed by atoms with Gasteiger partial charge in [-0.2, -0.15) is 0 Å². The Kier molecular flexibility index (Phi) is 2.29. The van der Waals surface area contributed by atoms with Crippen molar-refractivity contribution in [3.8, 4) is 0 Å². The molecule has 3 heteroatoms. The SMILES string of the molecule is COC(=O)c1cc(C)sc1C. The van der Waals surface area contributed by atoms with E-state index in [2.05, 4.69) is 4.74 Å². The van der Waals surface area contributed by atoms with E-state index < -0.39 is 0 Å². The first-order chi connectivity index (χ1) is 5.15. The van der Waals surface area contributed by atoms with Gasteiger partial charge in [-0.25, -0.2) is 4.79 Å². The van der Waals surface area contributed by atoms with Crippen LogP contribution in [0.5, 0.6) is 0 Å². The first kappa shape index (κ1) is 8.27. The lowest BCUT2D eigenvalue weighted by Crippen LogP contribution is -2.00. The summed E-state index contributed by atoms with van der Waals surface area (Å²) in [6.07, 6.45) is 0. The summed E-state index contributed by atoms with van der Waals surface area (Å²) in [4.78, 5) is 13.2.